The Balaban J connectivity index is 0.00000288. The molecule has 0 aromatic heterocycles. The summed E-state index contributed by atoms with van der Waals surface area (Å²) in [7, 11) is 0. The van der Waals surface area contributed by atoms with Gasteiger partial charge in [0.15, 0.2) is 0 Å². The summed E-state index contributed by atoms with van der Waals surface area (Å²) in [4.78, 5) is 25.1. The van der Waals surface area contributed by atoms with Gasteiger partial charge in [-0.05, 0) is 42.5 Å². The van der Waals surface area contributed by atoms with E-state index in [2.05, 4.69) is 18.7 Å². The second kappa shape index (κ2) is 11.7. The molecule has 1 heterocycles. The number of halogens is 1. The van der Waals surface area contributed by atoms with Crippen LogP contribution in [0.1, 0.15) is 31.7 Å². The lowest BCUT2D eigenvalue weighted by Gasteiger charge is -2.21. The van der Waals surface area contributed by atoms with Gasteiger partial charge in [-0.15, -0.1) is 12.4 Å². The van der Waals surface area contributed by atoms with Gasteiger partial charge in [0, 0.05) is 6.54 Å². The largest absolute Gasteiger partial charge is 0.350 e. The van der Waals surface area contributed by atoms with Crippen LogP contribution in [0.3, 0.4) is 0 Å². The van der Waals surface area contributed by atoms with E-state index in [-0.39, 0.29) is 24.3 Å². The maximum atomic E-state index is 12.5. The molecule has 1 aliphatic heterocycles. The van der Waals surface area contributed by atoms with Crippen molar-refractivity contribution in [1.82, 2.24) is 4.90 Å². The summed E-state index contributed by atoms with van der Waals surface area (Å²) in [6.07, 6.45) is 1.05. The third-order valence-corrected chi connectivity index (χ3v) is 5.56. The van der Waals surface area contributed by atoms with Crippen LogP contribution in [0.2, 0.25) is 0 Å². The molecule has 0 radical (unpaired) electrons. The molecule has 0 aliphatic carbocycles. The third-order valence-electron chi connectivity index (χ3n) is 4.38. The SMILES string of the molecule is CCN(CC)CCOOC(=O)C(c1ccccc1)C1CCSC1.Cl. The Hall–Kier alpha value is -0.750. The second-order valence-corrected chi connectivity index (χ2v) is 6.91. The number of thioether (sulfide) groups is 1. The molecule has 24 heavy (non-hydrogen) atoms. The predicted molar refractivity (Wildman–Crippen MR) is 102 cm³/mol. The van der Waals surface area contributed by atoms with Gasteiger partial charge < -0.3 is 4.90 Å². The molecule has 1 saturated heterocycles. The van der Waals surface area contributed by atoms with E-state index in [0.29, 0.717) is 12.5 Å². The van der Waals surface area contributed by atoms with E-state index >= 15 is 0 Å². The molecule has 0 N–H and O–H groups in total. The van der Waals surface area contributed by atoms with Gasteiger partial charge in [0.2, 0.25) is 0 Å². The van der Waals surface area contributed by atoms with Crippen molar-refractivity contribution < 1.29 is 14.6 Å². The Morgan fingerprint density at radius 2 is 2.00 bits per heavy atom. The molecule has 136 valence electrons. The van der Waals surface area contributed by atoms with E-state index in [0.717, 1.165) is 43.1 Å². The molecule has 0 bridgehead atoms. The maximum absolute atomic E-state index is 12.5. The van der Waals surface area contributed by atoms with Gasteiger partial charge in [0.05, 0.1) is 5.92 Å². The number of nitrogens with zero attached hydrogens (tertiary/aromatic N) is 1. The van der Waals surface area contributed by atoms with Crippen LogP contribution in [0.25, 0.3) is 0 Å². The first kappa shape index (κ1) is 21.3. The summed E-state index contributed by atoms with van der Waals surface area (Å²) < 4.78 is 0. The van der Waals surface area contributed by atoms with Crippen LogP contribution in [0.15, 0.2) is 30.3 Å². The van der Waals surface area contributed by atoms with Crippen LogP contribution >= 0.6 is 24.2 Å². The van der Waals surface area contributed by atoms with Gasteiger partial charge in [0.1, 0.15) is 6.61 Å². The first-order chi connectivity index (χ1) is 11.3. The Morgan fingerprint density at radius 3 is 2.58 bits per heavy atom. The zero-order valence-electron chi connectivity index (χ0n) is 14.5. The van der Waals surface area contributed by atoms with Crippen molar-refractivity contribution in [2.45, 2.75) is 26.2 Å². The lowest BCUT2D eigenvalue weighted by atomic mass is 9.86. The van der Waals surface area contributed by atoms with Gasteiger partial charge in [0.25, 0.3) is 0 Å². The molecule has 1 fully saturated rings. The van der Waals surface area contributed by atoms with Crippen LogP contribution in [0.5, 0.6) is 0 Å². The number of hydrogen-bond acceptors (Lipinski definition) is 5. The molecular weight excluding hydrogens is 346 g/mol. The van der Waals surface area contributed by atoms with E-state index in [4.69, 9.17) is 9.78 Å². The molecule has 2 rings (SSSR count). The molecule has 6 heteroatoms. The van der Waals surface area contributed by atoms with E-state index in [1.54, 1.807) is 0 Å². The molecule has 1 aromatic rings. The summed E-state index contributed by atoms with van der Waals surface area (Å²) in [5.41, 5.74) is 1.03. The number of likely N-dealkylation sites (N-methyl/N-ethyl adjacent to an activating group) is 1. The van der Waals surface area contributed by atoms with Crippen molar-refractivity contribution in [3.8, 4) is 0 Å². The molecule has 4 nitrogen and oxygen atoms in total. The van der Waals surface area contributed by atoms with Gasteiger partial charge in [-0.25, -0.2) is 4.79 Å². The molecule has 0 saturated carbocycles. The summed E-state index contributed by atoms with van der Waals surface area (Å²) in [5, 5.41) is 0. The number of carbonyl (C=O) groups excluding carboxylic acids is 1. The van der Waals surface area contributed by atoms with Gasteiger partial charge in [-0.1, -0.05) is 44.2 Å². The highest BCUT2D eigenvalue weighted by Gasteiger charge is 2.34. The lowest BCUT2D eigenvalue weighted by Crippen LogP contribution is -2.29. The monoisotopic (exact) mass is 373 g/mol. The summed E-state index contributed by atoms with van der Waals surface area (Å²) in [6, 6.07) is 9.92. The minimum absolute atomic E-state index is 0. The fourth-order valence-corrected chi connectivity index (χ4v) is 4.23. The lowest BCUT2D eigenvalue weighted by molar-refractivity contribution is -0.275. The van der Waals surface area contributed by atoms with Crippen LogP contribution < -0.4 is 0 Å². The van der Waals surface area contributed by atoms with Crippen LogP contribution in [-0.4, -0.2) is 48.6 Å². The van der Waals surface area contributed by atoms with E-state index in [1.165, 1.54) is 0 Å². The normalized spacial score (nSPS) is 18.2. The van der Waals surface area contributed by atoms with E-state index in [9.17, 15) is 4.79 Å². The fraction of sp³-hybridized carbons (Fsp3) is 0.611. The predicted octanol–water partition coefficient (Wildman–Crippen LogP) is 3.76. The fourth-order valence-electron chi connectivity index (χ4n) is 2.93. The zero-order valence-corrected chi connectivity index (χ0v) is 16.1. The third kappa shape index (κ3) is 6.28. The van der Waals surface area contributed by atoms with Gasteiger partial charge in [-0.3, -0.25) is 4.89 Å². The summed E-state index contributed by atoms with van der Waals surface area (Å²) in [5.74, 6) is 1.97. The quantitative estimate of drug-likeness (QED) is 0.374. The number of rotatable bonds is 9. The molecule has 0 amide bonds. The van der Waals surface area contributed by atoms with Crippen molar-refractivity contribution in [3.05, 3.63) is 35.9 Å². The molecule has 2 atom stereocenters. The number of benzene rings is 1. The van der Waals surface area contributed by atoms with E-state index < -0.39 is 0 Å². The van der Waals surface area contributed by atoms with Crippen LogP contribution in [0, 0.1) is 5.92 Å². The standard InChI is InChI=1S/C18H27NO3S.ClH/c1-3-19(4-2)11-12-21-22-18(20)17(16-10-13-23-14-16)15-8-6-5-7-9-15;/h5-9,16-17H,3-4,10-14H2,1-2H3;1H. The van der Waals surface area contributed by atoms with Crippen molar-refractivity contribution in [2.24, 2.45) is 5.92 Å². The Morgan fingerprint density at radius 1 is 1.29 bits per heavy atom. The molecule has 0 spiro atoms. The summed E-state index contributed by atoms with van der Waals surface area (Å²) in [6.45, 7) is 7.35. The average molecular weight is 374 g/mol. The molecule has 1 aromatic carbocycles. The minimum atomic E-state index is -0.261. The zero-order chi connectivity index (χ0) is 16.5. The number of carbonyl (C=O) groups is 1. The second-order valence-electron chi connectivity index (χ2n) is 5.76. The smallest absolute Gasteiger partial charge is 0.301 e. The number of hydrogen-bond donors (Lipinski definition) is 0. The Labute approximate surface area is 155 Å². The molecule has 2 unspecified atom stereocenters. The van der Waals surface area contributed by atoms with E-state index in [1.807, 2.05) is 42.1 Å². The Bertz CT molecular complexity index is 465. The summed E-state index contributed by atoms with van der Waals surface area (Å²) >= 11 is 1.91. The van der Waals surface area contributed by atoms with Crippen LogP contribution in [-0.2, 0) is 14.6 Å². The maximum Gasteiger partial charge on any atom is 0.350 e. The average Bonchev–Trinajstić information content (AvgIpc) is 3.10. The van der Waals surface area contributed by atoms with Crippen molar-refractivity contribution in [1.29, 1.82) is 0 Å². The first-order valence-electron chi connectivity index (χ1n) is 8.44. The highest BCUT2D eigenvalue weighted by molar-refractivity contribution is 7.99. The van der Waals surface area contributed by atoms with Crippen molar-refractivity contribution in [3.63, 3.8) is 0 Å². The highest BCUT2D eigenvalue weighted by Crippen LogP contribution is 2.36. The molecule has 1 aliphatic rings. The Kier molecular flexibility index (Phi) is 10.4. The van der Waals surface area contributed by atoms with Gasteiger partial charge >= 0.3 is 5.97 Å². The molecular formula is C18H28ClNO3S. The highest BCUT2D eigenvalue weighted by atomic mass is 35.5. The topological polar surface area (TPSA) is 38.8 Å². The van der Waals surface area contributed by atoms with Gasteiger partial charge in [-0.2, -0.15) is 16.6 Å². The first-order valence-corrected chi connectivity index (χ1v) is 9.60. The van der Waals surface area contributed by atoms with Crippen molar-refractivity contribution in [2.75, 3.05) is 37.7 Å². The van der Waals surface area contributed by atoms with Crippen LogP contribution in [0.4, 0.5) is 0 Å². The van der Waals surface area contributed by atoms with Crippen molar-refractivity contribution >= 4 is 30.1 Å². The minimum Gasteiger partial charge on any atom is -0.301 e.